The molecule has 34 heavy (non-hydrogen) atoms. The third kappa shape index (κ3) is 7.21. The van der Waals surface area contributed by atoms with Gasteiger partial charge < -0.3 is 16.8 Å². The zero-order valence-corrected chi connectivity index (χ0v) is 19.6. The van der Waals surface area contributed by atoms with Crippen LogP contribution >= 0.6 is 11.6 Å². The number of nitrogens with one attached hydrogen (secondary N) is 1. The molecule has 2 rings (SSSR count). The number of hydrogen-bond donors (Lipinski definition) is 3. The predicted molar refractivity (Wildman–Crippen MR) is 131 cm³/mol. The van der Waals surface area contributed by atoms with Crippen molar-refractivity contribution < 1.29 is 18.0 Å². The molecule has 0 heterocycles. The molecular weight excluding hydrogens is 467 g/mol. The van der Waals surface area contributed by atoms with Crippen molar-refractivity contribution in [1.29, 1.82) is 0 Å². The number of para-hydroxylation sites is 1. The Morgan fingerprint density at radius 2 is 1.65 bits per heavy atom. The molecule has 0 aliphatic heterocycles. The second-order valence-electron chi connectivity index (χ2n) is 7.28. The van der Waals surface area contributed by atoms with E-state index in [-0.39, 0.29) is 28.9 Å². The Morgan fingerprint density at radius 1 is 1.06 bits per heavy atom. The molecule has 0 saturated heterocycles. The van der Waals surface area contributed by atoms with E-state index in [2.05, 4.69) is 15.3 Å². The predicted octanol–water partition coefficient (Wildman–Crippen LogP) is 4.92. The molecule has 0 unspecified atom stereocenters. The van der Waals surface area contributed by atoms with E-state index < -0.39 is 11.9 Å². The van der Waals surface area contributed by atoms with E-state index in [1.807, 2.05) is 0 Å². The van der Waals surface area contributed by atoms with Gasteiger partial charge in [0.1, 0.15) is 5.70 Å². The summed E-state index contributed by atoms with van der Waals surface area (Å²) in [7, 11) is 1.63. The van der Waals surface area contributed by atoms with E-state index in [0.717, 1.165) is 6.08 Å². The van der Waals surface area contributed by atoms with Crippen LogP contribution in [0.15, 0.2) is 81.6 Å². The van der Waals surface area contributed by atoms with Gasteiger partial charge in [0.15, 0.2) is 0 Å². The summed E-state index contributed by atoms with van der Waals surface area (Å²) in [6.07, 6.45) is -4.00. The van der Waals surface area contributed by atoms with Crippen LogP contribution in [-0.4, -0.2) is 37.1 Å². The summed E-state index contributed by atoms with van der Waals surface area (Å²) >= 11 is 6.11. The minimum absolute atomic E-state index is 0.0614. The number of aliphatic imine (C=N–C) groups is 2. The van der Waals surface area contributed by atoms with Crippen molar-refractivity contribution in [2.45, 2.75) is 20.0 Å². The maximum Gasteiger partial charge on any atom is 0.430 e. The van der Waals surface area contributed by atoms with Gasteiger partial charge in [-0.1, -0.05) is 35.9 Å². The highest BCUT2D eigenvalue weighted by Gasteiger charge is 2.31. The lowest BCUT2D eigenvalue weighted by atomic mass is 10.1. The number of hydrogen-bond acceptors (Lipinski definition) is 5. The van der Waals surface area contributed by atoms with E-state index in [9.17, 15) is 18.0 Å². The fourth-order valence-electron chi connectivity index (χ4n) is 2.83. The maximum absolute atomic E-state index is 13.1. The molecule has 0 aliphatic carbocycles. The van der Waals surface area contributed by atoms with Crippen LogP contribution in [0.1, 0.15) is 29.8 Å². The molecule has 10 heteroatoms. The summed E-state index contributed by atoms with van der Waals surface area (Å²) < 4.78 is 39.2. The summed E-state index contributed by atoms with van der Waals surface area (Å²) in [5, 5.41) is 3.02. The number of halogens is 4. The van der Waals surface area contributed by atoms with Crippen LogP contribution in [-0.2, 0) is 0 Å². The van der Waals surface area contributed by atoms with Crippen molar-refractivity contribution in [3.05, 3.63) is 87.7 Å². The van der Waals surface area contributed by atoms with Crippen molar-refractivity contribution in [2.75, 3.05) is 13.6 Å². The Bertz CT molecular complexity index is 1160. The first-order valence-corrected chi connectivity index (χ1v) is 10.5. The normalized spacial score (nSPS) is 14.0. The van der Waals surface area contributed by atoms with Gasteiger partial charge in [0, 0.05) is 41.7 Å². The summed E-state index contributed by atoms with van der Waals surface area (Å²) in [5.41, 5.74) is 12.5. The first-order chi connectivity index (χ1) is 15.9. The monoisotopic (exact) mass is 491 g/mol. The quantitative estimate of drug-likeness (QED) is 0.478. The molecule has 1 amide bonds. The van der Waals surface area contributed by atoms with Crippen LogP contribution < -0.4 is 16.8 Å². The minimum Gasteiger partial charge on any atom is -0.402 e. The number of rotatable bonds is 7. The van der Waals surface area contributed by atoms with Gasteiger partial charge in [-0.05, 0) is 44.2 Å². The van der Waals surface area contributed by atoms with Gasteiger partial charge in [-0.3, -0.25) is 9.79 Å². The fourth-order valence-corrected chi connectivity index (χ4v) is 3.01. The average Bonchev–Trinajstić information content (AvgIpc) is 2.79. The molecule has 0 fully saturated rings. The third-order valence-electron chi connectivity index (χ3n) is 4.83. The molecule has 0 bridgehead atoms. The Hall–Kier alpha value is -3.59. The topological polar surface area (TPSA) is 106 Å². The number of allylic oxidation sites excluding steroid dienone is 3. The Labute approximate surface area is 200 Å². The maximum atomic E-state index is 13.1. The van der Waals surface area contributed by atoms with Crippen molar-refractivity contribution >= 4 is 34.6 Å². The molecule has 0 atom stereocenters. The standard InChI is InChI=1S/C24H25ClF3N5O/c1-14(29)18(15(2)31-3)13-32-23(34)17-10-8-16(9-11-17)21(12-22(30)24(26,27)28)33-20-7-5-4-6-19(20)25/h4-12H,13,29-30H2,1-3H3,(H,32,34)/b18-14-,22-12-,31-15?,33-21?. The van der Waals surface area contributed by atoms with Crippen LogP contribution in [0.4, 0.5) is 18.9 Å². The Morgan fingerprint density at radius 3 is 2.18 bits per heavy atom. The second-order valence-corrected chi connectivity index (χ2v) is 7.68. The highest BCUT2D eigenvalue weighted by molar-refractivity contribution is 6.33. The molecular formula is C24H25ClF3N5O. The fraction of sp³-hybridized carbons (Fsp3) is 0.208. The number of nitrogens with zero attached hydrogens (tertiary/aromatic N) is 2. The van der Waals surface area contributed by atoms with E-state index in [4.69, 9.17) is 23.1 Å². The smallest absolute Gasteiger partial charge is 0.402 e. The van der Waals surface area contributed by atoms with Gasteiger partial charge in [0.2, 0.25) is 0 Å². The van der Waals surface area contributed by atoms with Crippen molar-refractivity contribution in [2.24, 2.45) is 21.5 Å². The number of amides is 1. The van der Waals surface area contributed by atoms with Gasteiger partial charge in [0.25, 0.3) is 5.91 Å². The highest BCUT2D eigenvalue weighted by atomic mass is 35.5. The zero-order chi connectivity index (χ0) is 25.5. The lowest BCUT2D eigenvalue weighted by molar-refractivity contribution is -0.0925. The van der Waals surface area contributed by atoms with Crippen LogP contribution in [0.2, 0.25) is 5.02 Å². The molecule has 0 spiro atoms. The number of carbonyl (C=O) groups is 1. The van der Waals surface area contributed by atoms with Crippen molar-refractivity contribution in [3.8, 4) is 0 Å². The first-order valence-electron chi connectivity index (χ1n) is 10.1. The lowest BCUT2D eigenvalue weighted by Crippen LogP contribution is -2.28. The van der Waals surface area contributed by atoms with Crippen LogP contribution in [0.25, 0.3) is 0 Å². The van der Waals surface area contributed by atoms with Crippen molar-refractivity contribution in [3.63, 3.8) is 0 Å². The summed E-state index contributed by atoms with van der Waals surface area (Å²) in [6, 6.07) is 12.4. The summed E-state index contributed by atoms with van der Waals surface area (Å²) in [5.74, 6) is -0.385. The zero-order valence-electron chi connectivity index (χ0n) is 18.9. The van der Waals surface area contributed by atoms with Gasteiger partial charge in [-0.25, -0.2) is 4.99 Å². The van der Waals surface area contributed by atoms with Crippen LogP contribution in [0.5, 0.6) is 0 Å². The molecule has 2 aromatic carbocycles. The molecule has 0 radical (unpaired) electrons. The lowest BCUT2D eigenvalue weighted by Gasteiger charge is -2.12. The molecule has 180 valence electrons. The van der Waals surface area contributed by atoms with E-state index in [1.54, 1.807) is 45.2 Å². The van der Waals surface area contributed by atoms with Gasteiger partial charge in [-0.2, -0.15) is 13.2 Å². The highest BCUT2D eigenvalue weighted by Crippen LogP contribution is 2.27. The molecule has 2 aromatic rings. The number of alkyl halides is 3. The number of carbonyl (C=O) groups excluding carboxylic acids is 1. The first kappa shape index (κ1) is 26.7. The second kappa shape index (κ2) is 11.5. The van der Waals surface area contributed by atoms with Gasteiger partial charge in [-0.15, -0.1) is 0 Å². The van der Waals surface area contributed by atoms with E-state index in [0.29, 0.717) is 28.1 Å². The minimum atomic E-state index is -4.73. The molecule has 5 N–H and O–H groups in total. The molecule has 0 aliphatic rings. The number of nitrogens with two attached hydrogens (primary N) is 2. The van der Waals surface area contributed by atoms with Gasteiger partial charge in [0.05, 0.1) is 16.4 Å². The molecule has 0 saturated carbocycles. The SMILES string of the molecule is CN=C(C)/C(CNC(=O)c1ccc(C(/C=C(\N)C(F)(F)F)=Nc2ccccc2Cl)cc1)=C(/C)N. The molecule has 0 aromatic heterocycles. The Balaban J connectivity index is 2.36. The molecule has 6 nitrogen and oxygen atoms in total. The number of benzene rings is 2. The van der Waals surface area contributed by atoms with E-state index in [1.165, 1.54) is 24.3 Å². The largest absolute Gasteiger partial charge is 0.430 e. The Kier molecular flexibility index (Phi) is 9.03. The van der Waals surface area contributed by atoms with Crippen molar-refractivity contribution in [1.82, 2.24) is 5.32 Å². The average molecular weight is 492 g/mol. The third-order valence-corrected chi connectivity index (χ3v) is 5.15. The summed E-state index contributed by atoms with van der Waals surface area (Å²) in [4.78, 5) is 20.9. The summed E-state index contributed by atoms with van der Waals surface area (Å²) in [6.45, 7) is 3.67. The van der Waals surface area contributed by atoms with Crippen LogP contribution in [0, 0.1) is 0 Å². The van der Waals surface area contributed by atoms with Crippen LogP contribution in [0.3, 0.4) is 0 Å². The van der Waals surface area contributed by atoms with E-state index >= 15 is 0 Å². The van der Waals surface area contributed by atoms with Gasteiger partial charge >= 0.3 is 6.18 Å².